The number of hydrogen-bond donors (Lipinski definition) is 1. The quantitative estimate of drug-likeness (QED) is 0.654. The van der Waals surface area contributed by atoms with Gasteiger partial charge in [0.1, 0.15) is 5.75 Å². The molecule has 110 valence electrons. The number of carbonyl (C=O) groups is 1. The van der Waals surface area contributed by atoms with Crippen LogP contribution in [0.15, 0.2) is 41.7 Å². The second kappa shape index (κ2) is 6.98. The third kappa shape index (κ3) is 4.67. The molecule has 0 spiro atoms. The van der Waals surface area contributed by atoms with Gasteiger partial charge in [-0.15, -0.1) is 0 Å². The van der Waals surface area contributed by atoms with Gasteiger partial charge in [-0.05, 0) is 30.3 Å². The third-order valence-corrected chi connectivity index (χ3v) is 3.24. The minimum absolute atomic E-state index is 0.0751. The SMILES string of the molecule is NC(=O)CSc1nccc(-c2ccc(OC(F)F)cc2)n1. The van der Waals surface area contributed by atoms with Crippen LogP contribution in [-0.2, 0) is 4.79 Å². The zero-order valence-electron chi connectivity index (χ0n) is 10.7. The number of alkyl halides is 2. The number of aromatic nitrogens is 2. The Bertz CT molecular complexity index is 623. The molecular weight excluding hydrogens is 300 g/mol. The summed E-state index contributed by atoms with van der Waals surface area (Å²) >= 11 is 1.13. The number of halogens is 2. The van der Waals surface area contributed by atoms with Crippen molar-refractivity contribution in [3.63, 3.8) is 0 Å². The van der Waals surface area contributed by atoms with Crippen molar-refractivity contribution in [3.05, 3.63) is 36.5 Å². The second-order valence-corrected chi connectivity index (χ2v) is 4.82. The number of primary amides is 1. The van der Waals surface area contributed by atoms with Crippen LogP contribution in [0.25, 0.3) is 11.3 Å². The molecule has 1 aromatic heterocycles. The first-order chi connectivity index (χ1) is 10.0. The van der Waals surface area contributed by atoms with Gasteiger partial charge < -0.3 is 10.5 Å². The molecule has 0 unspecified atom stereocenters. The van der Waals surface area contributed by atoms with Crippen LogP contribution in [0.2, 0.25) is 0 Å². The fourth-order valence-electron chi connectivity index (χ4n) is 1.51. The molecule has 2 N–H and O–H groups in total. The lowest BCUT2D eigenvalue weighted by Gasteiger charge is -2.06. The van der Waals surface area contributed by atoms with E-state index < -0.39 is 12.5 Å². The van der Waals surface area contributed by atoms with E-state index in [4.69, 9.17) is 5.73 Å². The number of rotatable bonds is 6. The highest BCUT2D eigenvalue weighted by atomic mass is 32.2. The van der Waals surface area contributed by atoms with E-state index in [0.29, 0.717) is 10.9 Å². The highest BCUT2D eigenvalue weighted by Crippen LogP contribution is 2.23. The lowest BCUT2D eigenvalue weighted by molar-refractivity contribution is -0.115. The summed E-state index contributed by atoms with van der Waals surface area (Å²) in [6, 6.07) is 7.77. The van der Waals surface area contributed by atoms with Crippen molar-refractivity contribution < 1.29 is 18.3 Å². The standard InChI is InChI=1S/C13H11F2N3O2S/c14-12(15)20-9-3-1-8(2-4-9)10-5-6-17-13(18-10)21-7-11(16)19/h1-6,12H,7H2,(H2,16,19). The molecule has 2 aromatic rings. The molecule has 1 amide bonds. The molecule has 0 radical (unpaired) electrons. The molecule has 0 bridgehead atoms. The van der Waals surface area contributed by atoms with Crippen LogP contribution in [-0.4, -0.2) is 28.2 Å². The van der Waals surface area contributed by atoms with Crippen molar-refractivity contribution >= 4 is 17.7 Å². The van der Waals surface area contributed by atoms with E-state index in [1.807, 2.05) is 0 Å². The summed E-state index contributed by atoms with van der Waals surface area (Å²) in [5.41, 5.74) is 6.39. The Labute approximate surface area is 123 Å². The van der Waals surface area contributed by atoms with E-state index in [1.54, 1.807) is 24.4 Å². The summed E-state index contributed by atoms with van der Waals surface area (Å²) in [7, 11) is 0. The largest absolute Gasteiger partial charge is 0.435 e. The van der Waals surface area contributed by atoms with Gasteiger partial charge in [0.15, 0.2) is 5.16 Å². The van der Waals surface area contributed by atoms with Crippen LogP contribution in [0.4, 0.5) is 8.78 Å². The number of nitrogens with zero attached hydrogens (tertiary/aromatic N) is 2. The number of hydrogen-bond acceptors (Lipinski definition) is 5. The van der Waals surface area contributed by atoms with Gasteiger partial charge in [-0.3, -0.25) is 4.79 Å². The number of benzene rings is 1. The monoisotopic (exact) mass is 311 g/mol. The zero-order chi connectivity index (χ0) is 15.2. The van der Waals surface area contributed by atoms with E-state index in [2.05, 4.69) is 14.7 Å². The molecule has 8 heteroatoms. The van der Waals surface area contributed by atoms with Crippen molar-refractivity contribution in [1.29, 1.82) is 0 Å². The highest BCUT2D eigenvalue weighted by Gasteiger charge is 2.07. The molecule has 0 atom stereocenters. The normalized spacial score (nSPS) is 10.6. The van der Waals surface area contributed by atoms with Crippen LogP contribution in [0.5, 0.6) is 5.75 Å². The van der Waals surface area contributed by atoms with Crippen molar-refractivity contribution in [2.24, 2.45) is 5.73 Å². The minimum atomic E-state index is -2.85. The van der Waals surface area contributed by atoms with Crippen LogP contribution in [0.3, 0.4) is 0 Å². The zero-order valence-corrected chi connectivity index (χ0v) is 11.5. The minimum Gasteiger partial charge on any atom is -0.435 e. The Morgan fingerprint density at radius 1 is 1.29 bits per heavy atom. The molecule has 0 fully saturated rings. The van der Waals surface area contributed by atoms with Gasteiger partial charge in [-0.1, -0.05) is 11.8 Å². The molecular formula is C13H11F2N3O2S. The fourth-order valence-corrected chi connectivity index (χ4v) is 2.08. The van der Waals surface area contributed by atoms with Gasteiger partial charge >= 0.3 is 6.61 Å². The topological polar surface area (TPSA) is 78.1 Å². The average molecular weight is 311 g/mol. The highest BCUT2D eigenvalue weighted by molar-refractivity contribution is 7.99. The van der Waals surface area contributed by atoms with Crippen molar-refractivity contribution in [3.8, 4) is 17.0 Å². The van der Waals surface area contributed by atoms with E-state index in [0.717, 1.165) is 17.3 Å². The Hall–Kier alpha value is -2.22. The van der Waals surface area contributed by atoms with Crippen molar-refractivity contribution in [2.45, 2.75) is 11.8 Å². The maximum atomic E-state index is 12.1. The Kier molecular flexibility index (Phi) is 5.04. The Morgan fingerprint density at radius 3 is 2.62 bits per heavy atom. The van der Waals surface area contributed by atoms with E-state index >= 15 is 0 Å². The van der Waals surface area contributed by atoms with Gasteiger partial charge in [0.25, 0.3) is 0 Å². The Balaban J connectivity index is 2.14. The lowest BCUT2D eigenvalue weighted by atomic mass is 10.1. The number of ether oxygens (including phenoxy) is 1. The second-order valence-electron chi connectivity index (χ2n) is 3.88. The summed E-state index contributed by atoms with van der Waals surface area (Å²) in [5, 5.41) is 0.416. The van der Waals surface area contributed by atoms with E-state index in [1.165, 1.54) is 12.1 Å². The van der Waals surface area contributed by atoms with Gasteiger partial charge in [0.2, 0.25) is 5.91 Å². The molecule has 0 aliphatic rings. The summed E-state index contributed by atoms with van der Waals surface area (Å²) in [6.07, 6.45) is 1.55. The predicted molar refractivity (Wildman–Crippen MR) is 74.0 cm³/mol. The lowest BCUT2D eigenvalue weighted by Crippen LogP contribution is -2.13. The molecule has 21 heavy (non-hydrogen) atoms. The van der Waals surface area contributed by atoms with Crippen molar-refractivity contribution in [1.82, 2.24) is 9.97 Å². The van der Waals surface area contributed by atoms with Gasteiger partial charge in [-0.2, -0.15) is 8.78 Å². The van der Waals surface area contributed by atoms with E-state index in [-0.39, 0.29) is 11.5 Å². The summed E-state index contributed by atoms with van der Waals surface area (Å²) in [6.45, 7) is -2.85. The number of thioether (sulfide) groups is 1. The first kappa shape index (κ1) is 15.2. The molecule has 1 heterocycles. The number of amides is 1. The molecule has 2 rings (SSSR count). The first-order valence-corrected chi connectivity index (χ1v) is 6.82. The molecule has 5 nitrogen and oxygen atoms in total. The first-order valence-electron chi connectivity index (χ1n) is 5.84. The van der Waals surface area contributed by atoms with Crippen LogP contribution in [0, 0.1) is 0 Å². The Morgan fingerprint density at radius 2 is 2.00 bits per heavy atom. The summed E-state index contributed by atoms with van der Waals surface area (Å²) < 4.78 is 28.4. The maximum absolute atomic E-state index is 12.1. The summed E-state index contributed by atoms with van der Waals surface area (Å²) in [5.74, 6) is -0.293. The van der Waals surface area contributed by atoms with Crippen LogP contribution in [0.1, 0.15) is 0 Å². The number of nitrogens with two attached hydrogens (primary N) is 1. The maximum Gasteiger partial charge on any atom is 0.387 e. The van der Waals surface area contributed by atoms with Gasteiger partial charge in [-0.25, -0.2) is 9.97 Å². The van der Waals surface area contributed by atoms with Gasteiger partial charge in [0, 0.05) is 11.8 Å². The molecule has 1 aromatic carbocycles. The molecule has 0 aliphatic heterocycles. The molecule has 0 aliphatic carbocycles. The third-order valence-electron chi connectivity index (χ3n) is 2.35. The molecule has 0 saturated carbocycles. The average Bonchev–Trinajstić information content (AvgIpc) is 2.45. The van der Waals surface area contributed by atoms with Crippen molar-refractivity contribution in [2.75, 3.05) is 5.75 Å². The van der Waals surface area contributed by atoms with Gasteiger partial charge in [0.05, 0.1) is 11.4 Å². The predicted octanol–water partition coefficient (Wildman–Crippen LogP) is 2.32. The fraction of sp³-hybridized carbons (Fsp3) is 0.154. The van der Waals surface area contributed by atoms with Crippen LogP contribution >= 0.6 is 11.8 Å². The smallest absolute Gasteiger partial charge is 0.387 e. The van der Waals surface area contributed by atoms with E-state index in [9.17, 15) is 13.6 Å². The molecule has 0 saturated heterocycles. The number of carbonyl (C=O) groups excluding carboxylic acids is 1. The summed E-state index contributed by atoms with van der Waals surface area (Å²) in [4.78, 5) is 19.0. The van der Waals surface area contributed by atoms with Crippen LogP contribution < -0.4 is 10.5 Å².